The SMILES string of the molecule is CCC(NCCCC(=O)O)C(O)c1cccc(OC)c1. The smallest absolute Gasteiger partial charge is 0.303 e. The van der Waals surface area contributed by atoms with Crippen molar-refractivity contribution in [2.45, 2.75) is 38.3 Å². The van der Waals surface area contributed by atoms with Crippen molar-refractivity contribution in [1.29, 1.82) is 0 Å². The van der Waals surface area contributed by atoms with E-state index in [1.807, 2.05) is 31.2 Å². The number of hydrogen-bond acceptors (Lipinski definition) is 4. The lowest BCUT2D eigenvalue weighted by molar-refractivity contribution is -0.137. The summed E-state index contributed by atoms with van der Waals surface area (Å²) in [6.45, 7) is 2.56. The topological polar surface area (TPSA) is 78.8 Å². The van der Waals surface area contributed by atoms with Crippen LogP contribution in [0.3, 0.4) is 0 Å². The number of carbonyl (C=O) groups is 1. The number of carboxylic acids is 1. The number of aliphatic carboxylic acids is 1. The predicted molar refractivity (Wildman–Crippen MR) is 76.9 cm³/mol. The minimum Gasteiger partial charge on any atom is -0.497 e. The number of methoxy groups -OCH3 is 1. The lowest BCUT2D eigenvalue weighted by Crippen LogP contribution is -2.35. The lowest BCUT2D eigenvalue weighted by atomic mass is 10.00. The molecule has 0 spiro atoms. The normalized spacial score (nSPS) is 13.8. The zero-order valence-corrected chi connectivity index (χ0v) is 12.0. The fourth-order valence-corrected chi connectivity index (χ4v) is 2.06. The summed E-state index contributed by atoms with van der Waals surface area (Å²) >= 11 is 0. The van der Waals surface area contributed by atoms with E-state index in [9.17, 15) is 9.90 Å². The largest absolute Gasteiger partial charge is 0.497 e. The molecule has 1 aromatic rings. The predicted octanol–water partition coefficient (Wildman–Crippen LogP) is 1.96. The number of ether oxygens (including phenoxy) is 1. The Bertz CT molecular complexity index is 422. The van der Waals surface area contributed by atoms with Gasteiger partial charge in [0.25, 0.3) is 0 Å². The van der Waals surface area contributed by atoms with Crippen LogP contribution in [0.25, 0.3) is 0 Å². The summed E-state index contributed by atoms with van der Waals surface area (Å²) in [5.41, 5.74) is 0.793. The summed E-state index contributed by atoms with van der Waals surface area (Å²) in [5.74, 6) is -0.0875. The van der Waals surface area contributed by atoms with Crippen molar-refractivity contribution < 1.29 is 19.7 Å². The highest BCUT2D eigenvalue weighted by Gasteiger charge is 2.19. The third-order valence-corrected chi connectivity index (χ3v) is 3.23. The Kier molecular flexibility index (Phi) is 7.04. The first-order valence-electron chi connectivity index (χ1n) is 6.85. The monoisotopic (exact) mass is 281 g/mol. The molecule has 0 aromatic heterocycles. The highest BCUT2D eigenvalue weighted by atomic mass is 16.5. The highest BCUT2D eigenvalue weighted by Crippen LogP contribution is 2.22. The highest BCUT2D eigenvalue weighted by molar-refractivity contribution is 5.66. The van der Waals surface area contributed by atoms with Gasteiger partial charge in [-0.2, -0.15) is 0 Å². The van der Waals surface area contributed by atoms with Gasteiger partial charge in [0.05, 0.1) is 13.2 Å². The third kappa shape index (κ3) is 5.19. The van der Waals surface area contributed by atoms with Crippen LogP contribution in [-0.2, 0) is 4.79 Å². The molecule has 0 aliphatic rings. The van der Waals surface area contributed by atoms with Crippen molar-refractivity contribution in [2.24, 2.45) is 0 Å². The Morgan fingerprint density at radius 1 is 1.45 bits per heavy atom. The Balaban J connectivity index is 2.56. The van der Waals surface area contributed by atoms with E-state index in [0.717, 1.165) is 12.0 Å². The molecule has 0 saturated carbocycles. The van der Waals surface area contributed by atoms with Gasteiger partial charge < -0.3 is 20.3 Å². The van der Waals surface area contributed by atoms with Gasteiger partial charge in [-0.1, -0.05) is 19.1 Å². The number of aliphatic hydroxyl groups is 1. The number of nitrogens with one attached hydrogen (secondary N) is 1. The first kappa shape index (κ1) is 16.5. The van der Waals surface area contributed by atoms with Gasteiger partial charge in [-0.25, -0.2) is 0 Å². The quantitative estimate of drug-likeness (QED) is 0.603. The fraction of sp³-hybridized carbons (Fsp3) is 0.533. The maximum absolute atomic E-state index is 10.4. The summed E-state index contributed by atoms with van der Waals surface area (Å²) in [5, 5.41) is 22.2. The van der Waals surface area contributed by atoms with E-state index in [1.165, 1.54) is 0 Å². The number of carboxylic acid groups (broad SMARTS) is 1. The molecule has 0 aliphatic carbocycles. The van der Waals surface area contributed by atoms with Gasteiger partial charge in [0.1, 0.15) is 5.75 Å². The van der Waals surface area contributed by atoms with Crippen molar-refractivity contribution in [3.05, 3.63) is 29.8 Å². The zero-order chi connectivity index (χ0) is 15.0. The van der Waals surface area contributed by atoms with Crippen molar-refractivity contribution in [2.75, 3.05) is 13.7 Å². The molecule has 0 aliphatic heterocycles. The fourth-order valence-electron chi connectivity index (χ4n) is 2.06. The van der Waals surface area contributed by atoms with Crippen LogP contribution in [0.2, 0.25) is 0 Å². The van der Waals surface area contributed by atoms with Crippen molar-refractivity contribution in [1.82, 2.24) is 5.32 Å². The molecule has 1 aromatic carbocycles. The standard InChI is InChI=1S/C15H23NO4/c1-3-13(16-9-5-8-14(17)18)15(19)11-6-4-7-12(10-11)20-2/h4,6-7,10,13,15-16,19H,3,5,8-9H2,1-2H3,(H,17,18). The van der Waals surface area contributed by atoms with Gasteiger partial charge in [-0.05, 0) is 37.1 Å². The molecule has 3 N–H and O–H groups in total. The van der Waals surface area contributed by atoms with E-state index in [1.54, 1.807) is 7.11 Å². The van der Waals surface area contributed by atoms with Gasteiger partial charge in [-0.15, -0.1) is 0 Å². The first-order valence-corrected chi connectivity index (χ1v) is 6.85. The molecule has 0 amide bonds. The third-order valence-electron chi connectivity index (χ3n) is 3.23. The molecule has 5 heteroatoms. The van der Waals surface area contributed by atoms with E-state index in [0.29, 0.717) is 18.7 Å². The molecule has 5 nitrogen and oxygen atoms in total. The van der Waals surface area contributed by atoms with Crippen molar-refractivity contribution >= 4 is 5.97 Å². The van der Waals surface area contributed by atoms with Crippen LogP contribution < -0.4 is 10.1 Å². The van der Waals surface area contributed by atoms with Crippen LogP contribution in [0.15, 0.2) is 24.3 Å². The maximum atomic E-state index is 10.4. The molecule has 0 fully saturated rings. The average Bonchev–Trinajstić information content (AvgIpc) is 2.46. The Morgan fingerprint density at radius 2 is 2.20 bits per heavy atom. The molecule has 0 heterocycles. The molecule has 0 bridgehead atoms. The summed E-state index contributed by atoms with van der Waals surface area (Å²) in [4.78, 5) is 10.4. The van der Waals surface area contributed by atoms with Crippen LogP contribution in [0, 0.1) is 0 Å². The molecular weight excluding hydrogens is 258 g/mol. The van der Waals surface area contributed by atoms with Crippen molar-refractivity contribution in [3.63, 3.8) is 0 Å². The number of benzene rings is 1. The van der Waals surface area contributed by atoms with Gasteiger partial charge >= 0.3 is 5.97 Å². The van der Waals surface area contributed by atoms with Gasteiger partial charge in [0.2, 0.25) is 0 Å². The second-order valence-electron chi connectivity index (χ2n) is 4.69. The van der Waals surface area contributed by atoms with Crippen LogP contribution in [-0.4, -0.2) is 35.9 Å². The van der Waals surface area contributed by atoms with Crippen molar-refractivity contribution in [3.8, 4) is 5.75 Å². The lowest BCUT2D eigenvalue weighted by Gasteiger charge is -2.23. The van der Waals surface area contributed by atoms with Crippen LogP contribution in [0.5, 0.6) is 5.75 Å². The molecular formula is C15H23NO4. The van der Waals surface area contributed by atoms with Crippen LogP contribution in [0.4, 0.5) is 0 Å². The Hall–Kier alpha value is -1.59. The molecule has 0 saturated heterocycles. The summed E-state index contributed by atoms with van der Waals surface area (Å²) in [7, 11) is 1.59. The number of aliphatic hydroxyl groups excluding tert-OH is 1. The zero-order valence-electron chi connectivity index (χ0n) is 12.0. The van der Waals surface area contributed by atoms with Gasteiger partial charge in [0, 0.05) is 12.5 Å². The molecule has 112 valence electrons. The summed E-state index contributed by atoms with van der Waals surface area (Å²) in [6, 6.07) is 7.24. The summed E-state index contributed by atoms with van der Waals surface area (Å²) in [6.07, 6.45) is 0.806. The Labute approximate surface area is 119 Å². The molecule has 2 unspecified atom stereocenters. The Morgan fingerprint density at radius 3 is 2.80 bits per heavy atom. The molecule has 0 radical (unpaired) electrons. The number of rotatable bonds is 9. The van der Waals surface area contributed by atoms with E-state index in [4.69, 9.17) is 9.84 Å². The van der Waals surface area contributed by atoms with E-state index in [-0.39, 0.29) is 12.5 Å². The van der Waals surface area contributed by atoms with Gasteiger partial charge in [-0.3, -0.25) is 4.79 Å². The maximum Gasteiger partial charge on any atom is 0.303 e. The van der Waals surface area contributed by atoms with Crippen LogP contribution >= 0.6 is 0 Å². The molecule has 1 rings (SSSR count). The van der Waals surface area contributed by atoms with Gasteiger partial charge in [0.15, 0.2) is 0 Å². The second kappa shape index (κ2) is 8.55. The molecule has 2 atom stereocenters. The molecule has 20 heavy (non-hydrogen) atoms. The van der Waals surface area contributed by atoms with Crippen LogP contribution in [0.1, 0.15) is 37.9 Å². The van der Waals surface area contributed by atoms with E-state index in [2.05, 4.69) is 5.32 Å². The number of hydrogen-bond donors (Lipinski definition) is 3. The average molecular weight is 281 g/mol. The second-order valence-corrected chi connectivity index (χ2v) is 4.69. The minimum absolute atomic E-state index is 0.101. The minimum atomic E-state index is -0.798. The first-order chi connectivity index (χ1) is 9.58. The van der Waals surface area contributed by atoms with E-state index >= 15 is 0 Å². The summed E-state index contributed by atoms with van der Waals surface area (Å²) < 4.78 is 5.15. The van der Waals surface area contributed by atoms with E-state index < -0.39 is 12.1 Å².